The molecule has 0 radical (unpaired) electrons. The van der Waals surface area contributed by atoms with E-state index in [0.717, 1.165) is 4.90 Å². The third-order valence-corrected chi connectivity index (χ3v) is 2.52. The summed E-state index contributed by atoms with van der Waals surface area (Å²) >= 11 is 1.60. The smallest absolute Gasteiger partial charge is 0.251 e. The van der Waals surface area contributed by atoms with Crippen molar-refractivity contribution in [3.8, 4) is 0 Å². The number of rotatable bonds is 4. The van der Waals surface area contributed by atoms with E-state index in [4.69, 9.17) is 5.73 Å². The van der Waals surface area contributed by atoms with Gasteiger partial charge < -0.3 is 11.1 Å². The Morgan fingerprint density at radius 3 is 2.40 bits per heavy atom. The molecule has 0 saturated heterocycles. The molecule has 0 atom stereocenters. The molecule has 15 heavy (non-hydrogen) atoms. The fourth-order valence-electron chi connectivity index (χ4n) is 1.01. The Morgan fingerprint density at radius 2 is 1.93 bits per heavy atom. The summed E-state index contributed by atoms with van der Waals surface area (Å²) in [6, 6.07) is 7.12. The lowest BCUT2D eigenvalue weighted by atomic mass is 10.2. The zero-order valence-electron chi connectivity index (χ0n) is 8.32. The molecule has 0 aliphatic carbocycles. The number of amides is 2. The Balaban J connectivity index is 2.62. The highest BCUT2D eigenvalue weighted by Gasteiger charge is 2.05. The fraction of sp³-hybridized carbons (Fsp3) is 0.200. The zero-order chi connectivity index (χ0) is 11.3. The standard InChI is InChI=1S/C10H12N2O2S/c1-15-8-4-2-7(3-5-8)10(14)12-6-9(11)13/h2-5H,6H2,1H3,(H2,11,13)(H,12,14). The third-order valence-electron chi connectivity index (χ3n) is 1.78. The zero-order valence-corrected chi connectivity index (χ0v) is 9.14. The number of primary amides is 1. The molecule has 4 nitrogen and oxygen atoms in total. The molecule has 0 aliphatic heterocycles. The van der Waals surface area contributed by atoms with E-state index in [9.17, 15) is 9.59 Å². The molecule has 0 bridgehead atoms. The summed E-state index contributed by atoms with van der Waals surface area (Å²) in [4.78, 5) is 22.9. The number of carbonyl (C=O) groups is 2. The van der Waals surface area contributed by atoms with Crippen LogP contribution in [0.2, 0.25) is 0 Å². The van der Waals surface area contributed by atoms with Crippen LogP contribution in [0.15, 0.2) is 29.2 Å². The minimum absolute atomic E-state index is 0.136. The molecule has 0 fully saturated rings. The van der Waals surface area contributed by atoms with Gasteiger partial charge in [0.15, 0.2) is 0 Å². The molecule has 3 N–H and O–H groups in total. The van der Waals surface area contributed by atoms with Crippen LogP contribution < -0.4 is 11.1 Å². The molecule has 0 aromatic heterocycles. The van der Waals surface area contributed by atoms with Gasteiger partial charge in [-0.1, -0.05) is 0 Å². The minimum atomic E-state index is -0.552. The maximum absolute atomic E-state index is 11.4. The van der Waals surface area contributed by atoms with Gasteiger partial charge in [0.1, 0.15) is 0 Å². The average molecular weight is 224 g/mol. The van der Waals surface area contributed by atoms with Crippen molar-refractivity contribution in [2.45, 2.75) is 4.90 Å². The Morgan fingerprint density at radius 1 is 1.33 bits per heavy atom. The van der Waals surface area contributed by atoms with Crippen LogP contribution in [0.4, 0.5) is 0 Å². The first-order valence-electron chi connectivity index (χ1n) is 4.34. The second kappa shape index (κ2) is 5.41. The van der Waals surface area contributed by atoms with Crippen LogP contribution in [0.1, 0.15) is 10.4 Å². The quantitative estimate of drug-likeness (QED) is 0.736. The molecule has 1 aromatic carbocycles. The van der Waals surface area contributed by atoms with Gasteiger partial charge in [-0.25, -0.2) is 0 Å². The van der Waals surface area contributed by atoms with Crippen molar-refractivity contribution in [2.75, 3.05) is 12.8 Å². The molecule has 0 aliphatic rings. The predicted molar refractivity (Wildman–Crippen MR) is 59.8 cm³/mol. The van der Waals surface area contributed by atoms with Gasteiger partial charge in [-0.15, -0.1) is 11.8 Å². The van der Waals surface area contributed by atoms with E-state index in [0.29, 0.717) is 5.56 Å². The van der Waals surface area contributed by atoms with E-state index >= 15 is 0 Å². The lowest BCUT2D eigenvalue weighted by Gasteiger charge is -2.03. The summed E-state index contributed by atoms with van der Waals surface area (Å²) in [5.41, 5.74) is 5.43. The highest BCUT2D eigenvalue weighted by molar-refractivity contribution is 7.98. The molecule has 80 valence electrons. The number of hydrogen-bond acceptors (Lipinski definition) is 3. The van der Waals surface area contributed by atoms with Gasteiger partial charge in [-0.2, -0.15) is 0 Å². The van der Waals surface area contributed by atoms with Crippen LogP contribution in [0.3, 0.4) is 0 Å². The van der Waals surface area contributed by atoms with E-state index < -0.39 is 5.91 Å². The second-order valence-electron chi connectivity index (χ2n) is 2.88. The van der Waals surface area contributed by atoms with Gasteiger partial charge in [0.25, 0.3) is 5.91 Å². The predicted octanol–water partition coefficient (Wildman–Crippen LogP) is 0.624. The Kier molecular flexibility index (Phi) is 4.17. The van der Waals surface area contributed by atoms with Crippen molar-refractivity contribution in [3.05, 3.63) is 29.8 Å². The molecule has 0 spiro atoms. The number of thioether (sulfide) groups is 1. The summed E-state index contributed by atoms with van der Waals surface area (Å²) in [6.45, 7) is -0.136. The highest BCUT2D eigenvalue weighted by Crippen LogP contribution is 2.14. The average Bonchev–Trinajstić information content (AvgIpc) is 2.26. The largest absolute Gasteiger partial charge is 0.368 e. The van der Waals surface area contributed by atoms with Gasteiger partial charge in [-0.05, 0) is 30.5 Å². The Labute approximate surface area is 92.2 Å². The maximum atomic E-state index is 11.4. The van der Waals surface area contributed by atoms with Crippen molar-refractivity contribution >= 4 is 23.6 Å². The van der Waals surface area contributed by atoms with Crippen LogP contribution in [-0.4, -0.2) is 24.6 Å². The van der Waals surface area contributed by atoms with Crippen LogP contribution in [0, 0.1) is 0 Å². The number of carbonyl (C=O) groups excluding carboxylic acids is 2. The van der Waals surface area contributed by atoms with Crippen molar-refractivity contribution < 1.29 is 9.59 Å². The first kappa shape index (κ1) is 11.6. The van der Waals surface area contributed by atoms with Crippen LogP contribution in [0.25, 0.3) is 0 Å². The van der Waals surface area contributed by atoms with Gasteiger partial charge >= 0.3 is 0 Å². The molecule has 0 unspecified atom stereocenters. The van der Waals surface area contributed by atoms with Crippen molar-refractivity contribution in [1.29, 1.82) is 0 Å². The first-order chi connectivity index (χ1) is 7.13. The number of benzene rings is 1. The van der Waals surface area contributed by atoms with E-state index in [1.54, 1.807) is 23.9 Å². The molecular formula is C10H12N2O2S. The number of nitrogens with one attached hydrogen (secondary N) is 1. The Bertz CT molecular complexity index is 362. The van der Waals surface area contributed by atoms with Gasteiger partial charge in [0.05, 0.1) is 6.54 Å². The molecule has 0 saturated carbocycles. The van der Waals surface area contributed by atoms with Gasteiger partial charge in [0.2, 0.25) is 5.91 Å². The fourth-order valence-corrected chi connectivity index (χ4v) is 1.42. The summed E-state index contributed by atoms with van der Waals surface area (Å²) in [7, 11) is 0. The summed E-state index contributed by atoms with van der Waals surface area (Å²) < 4.78 is 0. The molecule has 1 aromatic rings. The highest BCUT2D eigenvalue weighted by atomic mass is 32.2. The van der Waals surface area contributed by atoms with Crippen molar-refractivity contribution in [3.63, 3.8) is 0 Å². The lowest BCUT2D eigenvalue weighted by molar-refractivity contribution is -0.117. The normalized spacial score (nSPS) is 9.67. The van der Waals surface area contributed by atoms with Crippen LogP contribution in [-0.2, 0) is 4.79 Å². The van der Waals surface area contributed by atoms with Crippen LogP contribution >= 0.6 is 11.8 Å². The van der Waals surface area contributed by atoms with Gasteiger partial charge in [0, 0.05) is 10.5 Å². The van der Waals surface area contributed by atoms with Crippen molar-refractivity contribution in [2.24, 2.45) is 5.73 Å². The SMILES string of the molecule is CSc1ccc(C(=O)NCC(N)=O)cc1. The second-order valence-corrected chi connectivity index (χ2v) is 3.76. The van der Waals surface area contributed by atoms with Gasteiger partial charge in [-0.3, -0.25) is 9.59 Å². The topological polar surface area (TPSA) is 72.2 Å². The lowest BCUT2D eigenvalue weighted by Crippen LogP contribution is -2.33. The number of nitrogens with two attached hydrogens (primary N) is 1. The van der Waals surface area contributed by atoms with E-state index in [1.165, 1.54) is 0 Å². The minimum Gasteiger partial charge on any atom is -0.368 e. The maximum Gasteiger partial charge on any atom is 0.251 e. The monoisotopic (exact) mass is 224 g/mol. The van der Waals surface area contributed by atoms with Crippen LogP contribution in [0.5, 0.6) is 0 Å². The molecular weight excluding hydrogens is 212 g/mol. The summed E-state index contributed by atoms with van der Waals surface area (Å²) in [5.74, 6) is -0.842. The van der Waals surface area contributed by atoms with E-state index in [-0.39, 0.29) is 12.5 Å². The Hall–Kier alpha value is -1.49. The van der Waals surface area contributed by atoms with E-state index in [2.05, 4.69) is 5.32 Å². The summed E-state index contributed by atoms with van der Waals surface area (Å²) in [6.07, 6.45) is 1.96. The number of hydrogen-bond donors (Lipinski definition) is 2. The third kappa shape index (κ3) is 3.63. The molecule has 0 heterocycles. The van der Waals surface area contributed by atoms with E-state index in [1.807, 2.05) is 18.4 Å². The summed E-state index contributed by atoms with van der Waals surface area (Å²) in [5, 5.41) is 2.42. The molecule has 1 rings (SSSR count). The first-order valence-corrected chi connectivity index (χ1v) is 5.56. The molecule has 2 amide bonds. The van der Waals surface area contributed by atoms with Crippen molar-refractivity contribution in [1.82, 2.24) is 5.32 Å². The molecule has 5 heteroatoms.